The summed E-state index contributed by atoms with van der Waals surface area (Å²) in [6.07, 6.45) is 6.08. The highest BCUT2D eigenvalue weighted by Crippen LogP contribution is 2.49. The fourth-order valence-electron chi connectivity index (χ4n) is 4.33. The first-order valence-corrected chi connectivity index (χ1v) is 7.36. The lowest BCUT2D eigenvalue weighted by molar-refractivity contribution is 0.224. The lowest BCUT2D eigenvalue weighted by Crippen LogP contribution is -2.52. The second kappa shape index (κ2) is 4.48. The molecule has 2 aliphatic rings. The number of hydrogen-bond acceptors (Lipinski definition) is 2. The maximum Gasteiger partial charge on any atom is 0.130 e. The lowest BCUT2D eigenvalue weighted by atomic mass is 9.60. The van der Waals surface area contributed by atoms with Crippen molar-refractivity contribution in [2.75, 3.05) is 0 Å². The molecule has 1 fully saturated rings. The van der Waals surface area contributed by atoms with Gasteiger partial charge in [0, 0.05) is 17.5 Å². The van der Waals surface area contributed by atoms with Crippen molar-refractivity contribution in [3.05, 3.63) is 29.1 Å². The monoisotopic (exact) mass is 263 g/mol. The summed E-state index contributed by atoms with van der Waals surface area (Å²) >= 11 is 0. The third-order valence-electron chi connectivity index (χ3n) is 5.41. The Labute approximate surface area is 113 Å². The van der Waals surface area contributed by atoms with Crippen LogP contribution in [0.1, 0.15) is 50.2 Å². The van der Waals surface area contributed by atoms with Crippen molar-refractivity contribution in [2.45, 2.75) is 56.9 Å². The number of halogens is 1. The Morgan fingerprint density at radius 2 is 2.21 bits per heavy atom. The van der Waals surface area contributed by atoms with Gasteiger partial charge < -0.3 is 10.8 Å². The number of phenolic OH excluding ortho intramolecular Hbond substituents is 1. The van der Waals surface area contributed by atoms with Crippen LogP contribution in [0.25, 0.3) is 0 Å². The molecular weight excluding hydrogens is 241 g/mol. The first kappa shape index (κ1) is 12.9. The van der Waals surface area contributed by atoms with Gasteiger partial charge in [0.2, 0.25) is 0 Å². The van der Waals surface area contributed by atoms with Crippen molar-refractivity contribution >= 4 is 0 Å². The van der Waals surface area contributed by atoms with Crippen LogP contribution in [0.3, 0.4) is 0 Å². The normalized spacial score (nSPS) is 33.6. The minimum atomic E-state index is -0.258. The number of rotatable bonds is 1. The van der Waals surface area contributed by atoms with Gasteiger partial charge in [0.25, 0.3) is 0 Å². The number of aromatic hydroxyl groups is 1. The molecule has 1 aromatic rings. The zero-order valence-corrected chi connectivity index (χ0v) is 11.5. The molecule has 19 heavy (non-hydrogen) atoms. The molecular formula is C16H22FNO. The molecule has 0 aliphatic heterocycles. The smallest absolute Gasteiger partial charge is 0.130 e. The van der Waals surface area contributed by atoms with E-state index in [-0.39, 0.29) is 23.0 Å². The largest absolute Gasteiger partial charge is 0.508 e. The van der Waals surface area contributed by atoms with Crippen molar-refractivity contribution < 1.29 is 9.50 Å². The summed E-state index contributed by atoms with van der Waals surface area (Å²) in [4.78, 5) is 0. The molecule has 1 aromatic carbocycles. The first-order valence-electron chi connectivity index (χ1n) is 7.36. The van der Waals surface area contributed by atoms with Gasteiger partial charge in [-0.05, 0) is 48.8 Å². The standard InChI is InChI=1S/C16H22FNO/c1-2-16-6-4-3-5-10(15(16)18)7-12-13(16)8-11(19)9-14(12)17/h8-10,15,19H,2-7,18H2,1H3/t10-,15-,16+/m0/s1. The number of fused-ring (bicyclic) bond motifs is 4. The van der Waals surface area contributed by atoms with Crippen LogP contribution in [0.4, 0.5) is 4.39 Å². The van der Waals surface area contributed by atoms with Gasteiger partial charge in [-0.3, -0.25) is 0 Å². The topological polar surface area (TPSA) is 46.2 Å². The summed E-state index contributed by atoms with van der Waals surface area (Å²) < 4.78 is 14.2. The van der Waals surface area contributed by atoms with Crippen molar-refractivity contribution in [3.8, 4) is 5.75 Å². The molecule has 2 aliphatic carbocycles. The third-order valence-corrected chi connectivity index (χ3v) is 5.41. The SMILES string of the molecule is CC[C@@]12CCCC[C@@H](Cc3c(F)cc(O)cc31)[C@@H]2N. The molecule has 0 aromatic heterocycles. The molecule has 2 nitrogen and oxygen atoms in total. The molecule has 0 heterocycles. The number of benzene rings is 1. The molecule has 0 amide bonds. The third kappa shape index (κ3) is 1.78. The Bertz CT molecular complexity index is 502. The van der Waals surface area contributed by atoms with Gasteiger partial charge in [0.05, 0.1) is 0 Å². The highest BCUT2D eigenvalue weighted by molar-refractivity contribution is 5.45. The molecule has 0 unspecified atom stereocenters. The molecule has 0 spiro atoms. The summed E-state index contributed by atoms with van der Waals surface area (Å²) in [6, 6.07) is 3.09. The number of nitrogens with two attached hydrogens (primary N) is 1. The van der Waals surface area contributed by atoms with Crippen molar-refractivity contribution in [3.63, 3.8) is 0 Å². The highest BCUT2D eigenvalue weighted by Gasteiger charge is 2.47. The maximum atomic E-state index is 14.2. The van der Waals surface area contributed by atoms with E-state index in [1.807, 2.05) is 0 Å². The van der Waals surface area contributed by atoms with E-state index in [0.717, 1.165) is 43.2 Å². The summed E-state index contributed by atoms with van der Waals surface area (Å²) in [5.41, 5.74) is 8.17. The van der Waals surface area contributed by atoms with E-state index >= 15 is 0 Å². The van der Waals surface area contributed by atoms with Crippen molar-refractivity contribution in [1.82, 2.24) is 0 Å². The molecule has 104 valence electrons. The Hall–Kier alpha value is -1.09. The minimum absolute atomic E-state index is 0.0268. The minimum Gasteiger partial charge on any atom is -0.508 e. The van der Waals surface area contributed by atoms with Gasteiger partial charge in [-0.1, -0.05) is 19.8 Å². The van der Waals surface area contributed by atoms with Gasteiger partial charge in [-0.15, -0.1) is 0 Å². The molecule has 0 radical (unpaired) electrons. The fraction of sp³-hybridized carbons (Fsp3) is 0.625. The van der Waals surface area contributed by atoms with Crippen LogP contribution in [0, 0.1) is 11.7 Å². The average molecular weight is 263 g/mol. The van der Waals surface area contributed by atoms with Crippen molar-refractivity contribution in [1.29, 1.82) is 0 Å². The highest BCUT2D eigenvalue weighted by atomic mass is 19.1. The second-order valence-corrected chi connectivity index (χ2v) is 6.20. The Morgan fingerprint density at radius 1 is 1.42 bits per heavy atom. The van der Waals surface area contributed by atoms with Crippen LogP contribution in [-0.2, 0) is 11.8 Å². The summed E-state index contributed by atoms with van der Waals surface area (Å²) in [7, 11) is 0. The van der Waals surface area contributed by atoms with Crippen LogP contribution in [0.5, 0.6) is 5.75 Å². The maximum absolute atomic E-state index is 14.2. The van der Waals surface area contributed by atoms with Gasteiger partial charge in [-0.25, -0.2) is 4.39 Å². The van der Waals surface area contributed by atoms with Crippen molar-refractivity contribution in [2.24, 2.45) is 11.7 Å². The van der Waals surface area contributed by atoms with Gasteiger partial charge in [0.1, 0.15) is 11.6 Å². The molecule has 0 saturated heterocycles. The summed E-state index contributed by atoms with van der Waals surface area (Å²) in [5, 5.41) is 9.75. The van der Waals surface area contributed by atoms with E-state index < -0.39 is 0 Å². The molecule has 2 bridgehead atoms. The van der Waals surface area contributed by atoms with E-state index in [2.05, 4.69) is 6.92 Å². The Morgan fingerprint density at radius 3 is 2.95 bits per heavy atom. The summed E-state index contributed by atoms with van der Waals surface area (Å²) in [6.45, 7) is 2.14. The fourth-order valence-corrected chi connectivity index (χ4v) is 4.33. The zero-order valence-electron chi connectivity index (χ0n) is 11.5. The van der Waals surface area contributed by atoms with Crippen LogP contribution in [0.15, 0.2) is 12.1 Å². The van der Waals surface area contributed by atoms with E-state index in [4.69, 9.17) is 5.73 Å². The predicted molar refractivity (Wildman–Crippen MR) is 73.7 cm³/mol. The van der Waals surface area contributed by atoms with Crippen LogP contribution >= 0.6 is 0 Å². The molecule has 3 N–H and O–H groups in total. The molecule has 1 saturated carbocycles. The van der Waals surface area contributed by atoms with Gasteiger partial charge in [0.15, 0.2) is 0 Å². The van der Waals surface area contributed by atoms with Crippen LogP contribution < -0.4 is 5.73 Å². The van der Waals surface area contributed by atoms with Crippen LogP contribution in [0.2, 0.25) is 0 Å². The molecule has 3 rings (SSSR count). The van der Waals surface area contributed by atoms with E-state index in [1.165, 1.54) is 12.5 Å². The van der Waals surface area contributed by atoms with E-state index in [9.17, 15) is 9.50 Å². The first-order chi connectivity index (χ1) is 9.08. The summed E-state index contributed by atoms with van der Waals surface area (Å²) in [5.74, 6) is 0.152. The number of hydrogen-bond donors (Lipinski definition) is 2. The van der Waals surface area contributed by atoms with Gasteiger partial charge in [-0.2, -0.15) is 0 Å². The van der Waals surface area contributed by atoms with E-state index in [1.54, 1.807) is 6.07 Å². The predicted octanol–water partition coefficient (Wildman–Crippen LogP) is 3.25. The molecule has 3 atom stereocenters. The average Bonchev–Trinajstić information content (AvgIpc) is 2.48. The second-order valence-electron chi connectivity index (χ2n) is 6.20. The number of phenols is 1. The molecule has 3 heteroatoms. The lowest BCUT2D eigenvalue weighted by Gasteiger charge is -2.46. The quantitative estimate of drug-likeness (QED) is 0.817. The van der Waals surface area contributed by atoms with Crippen LogP contribution in [-0.4, -0.2) is 11.1 Å². The Kier molecular flexibility index (Phi) is 3.05. The van der Waals surface area contributed by atoms with Gasteiger partial charge >= 0.3 is 0 Å². The Balaban J connectivity index is 2.23. The van der Waals surface area contributed by atoms with E-state index in [0.29, 0.717) is 5.92 Å². The zero-order chi connectivity index (χ0) is 13.6.